The average Bonchev–Trinajstić information content (AvgIpc) is 2.55. The third-order valence-corrected chi connectivity index (χ3v) is 4.00. The van der Waals surface area contributed by atoms with Crippen LogP contribution in [0.1, 0.15) is 36.7 Å². The summed E-state index contributed by atoms with van der Waals surface area (Å²) >= 11 is 0. The van der Waals surface area contributed by atoms with E-state index in [0.29, 0.717) is 0 Å². The Balaban J connectivity index is 1.93. The van der Waals surface area contributed by atoms with Gasteiger partial charge in [-0.1, -0.05) is 19.1 Å². The molecule has 4 heteroatoms. The molecule has 0 spiro atoms. The number of anilines is 3. The molecular weight excluding hydrogens is 260 g/mol. The Kier molecular flexibility index (Phi) is 4.04. The van der Waals surface area contributed by atoms with Crippen LogP contribution >= 0.6 is 0 Å². The maximum absolute atomic E-state index is 4.58. The number of nitrogens with zero attached hydrogens (tertiary/aromatic N) is 2. The second kappa shape index (κ2) is 6.12. The summed E-state index contributed by atoms with van der Waals surface area (Å²) in [4.78, 5) is 9.02. The molecule has 0 aliphatic heterocycles. The maximum atomic E-state index is 4.58. The average molecular weight is 282 g/mol. The van der Waals surface area contributed by atoms with Gasteiger partial charge in [0.15, 0.2) is 0 Å². The fraction of sp³-hybridized carbons (Fsp3) is 0.412. The van der Waals surface area contributed by atoms with Crippen LogP contribution in [0.3, 0.4) is 0 Å². The van der Waals surface area contributed by atoms with Crippen molar-refractivity contribution < 1.29 is 0 Å². The van der Waals surface area contributed by atoms with E-state index in [1.165, 1.54) is 36.1 Å². The van der Waals surface area contributed by atoms with Crippen LogP contribution in [0.2, 0.25) is 0 Å². The molecule has 2 aromatic rings. The zero-order valence-electron chi connectivity index (χ0n) is 12.7. The minimum atomic E-state index is 0.830. The molecular formula is C17H22N4. The lowest BCUT2D eigenvalue weighted by atomic mass is 9.90. The molecule has 0 saturated heterocycles. The number of rotatable bonds is 4. The highest BCUT2D eigenvalue weighted by Crippen LogP contribution is 2.29. The molecule has 0 radical (unpaired) electrons. The van der Waals surface area contributed by atoms with Gasteiger partial charge in [-0.25, -0.2) is 9.97 Å². The summed E-state index contributed by atoms with van der Waals surface area (Å²) in [5.41, 5.74) is 4.12. The first-order chi connectivity index (χ1) is 10.3. The lowest BCUT2D eigenvalue weighted by molar-refractivity contribution is 0.687. The van der Waals surface area contributed by atoms with Crippen molar-refractivity contribution in [1.82, 2.24) is 9.97 Å². The summed E-state index contributed by atoms with van der Waals surface area (Å²) in [5.74, 6) is 2.58. The van der Waals surface area contributed by atoms with E-state index < -0.39 is 0 Å². The van der Waals surface area contributed by atoms with Gasteiger partial charge in [0.2, 0.25) is 0 Å². The monoisotopic (exact) mass is 282 g/mol. The first-order valence-corrected chi connectivity index (χ1v) is 7.73. The Morgan fingerprint density at radius 1 is 1.10 bits per heavy atom. The lowest BCUT2D eigenvalue weighted by Gasteiger charge is -2.20. The van der Waals surface area contributed by atoms with Crippen molar-refractivity contribution in [2.75, 3.05) is 17.7 Å². The predicted molar refractivity (Wildman–Crippen MR) is 87.3 cm³/mol. The number of aromatic nitrogens is 2. The standard InChI is InChI=1S/C17H22N4/c1-3-15-20-16(18-2)11-17(21-15)19-14-10-6-8-12-7-4-5-9-13(12)14/h6,8,10-11H,3-5,7,9H2,1-2H3,(H2,18,19,20,21). The minimum Gasteiger partial charge on any atom is -0.373 e. The zero-order chi connectivity index (χ0) is 14.7. The van der Waals surface area contributed by atoms with Gasteiger partial charge in [-0.3, -0.25) is 0 Å². The number of nitrogens with one attached hydrogen (secondary N) is 2. The van der Waals surface area contributed by atoms with E-state index in [4.69, 9.17) is 0 Å². The zero-order valence-corrected chi connectivity index (χ0v) is 12.7. The highest BCUT2D eigenvalue weighted by atomic mass is 15.1. The molecule has 0 fully saturated rings. The molecule has 0 saturated carbocycles. The van der Waals surface area contributed by atoms with Crippen LogP contribution < -0.4 is 10.6 Å². The maximum Gasteiger partial charge on any atom is 0.136 e. The fourth-order valence-corrected chi connectivity index (χ4v) is 2.88. The molecule has 3 rings (SSSR count). The van der Waals surface area contributed by atoms with Crippen molar-refractivity contribution in [3.8, 4) is 0 Å². The smallest absolute Gasteiger partial charge is 0.136 e. The van der Waals surface area contributed by atoms with Crippen LogP contribution in [0.4, 0.5) is 17.3 Å². The summed E-state index contributed by atoms with van der Waals surface area (Å²) in [6, 6.07) is 8.49. The fourth-order valence-electron chi connectivity index (χ4n) is 2.88. The third kappa shape index (κ3) is 2.99. The van der Waals surface area contributed by atoms with Gasteiger partial charge >= 0.3 is 0 Å². The Morgan fingerprint density at radius 2 is 1.90 bits per heavy atom. The van der Waals surface area contributed by atoms with Gasteiger partial charge in [0.1, 0.15) is 17.5 Å². The molecule has 0 bridgehead atoms. The Bertz CT molecular complexity index is 614. The highest BCUT2D eigenvalue weighted by molar-refractivity contribution is 5.64. The van der Waals surface area contributed by atoms with Gasteiger partial charge in [0.25, 0.3) is 0 Å². The third-order valence-electron chi connectivity index (χ3n) is 4.00. The minimum absolute atomic E-state index is 0.830. The number of benzene rings is 1. The second-order valence-electron chi connectivity index (χ2n) is 5.43. The molecule has 1 aromatic carbocycles. The van der Waals surface area contributed by atoms with E-state index in [2.05, 4.69) is 45.7 Å². The highest BCUT2D eigenvalue weighted by Gasteiger charge is 2.13. The summed E-state index contributed by atoms with van der Waals surface area (Å²) in [6.45, 7) is 2.07. The predicted octanol–water partition coefficient (Wildman–Crippen LogP) is 3.70. The first kappa shape index (κ1) is 13.9. The Hall–Kier alpha value is -2.10. The summed E-state index contributed by atoms with van der Waals surface area (Å²) in [7, 11) is 1.88. The largest absolute Gasteiger partial charge is 0.373 e. The molecule has 4 nitrogen and oxygen atoms in total. The van der Waals surface area contributed by atoms with Crippen molar-refractivity contribution in [2.24, 2.45) is 0 Å². The van der Waals surface area contributed by atoms with E-state index in [1.54, 1.807) is 0 Å². The topological polar surface area (TPSA) is 49.8 Å². The van der Waals surface area contributed by atoms with Crippen LogP contribution in [0, 0.1) is 0 Å². The van der Waals surface area contributed by atoms with Crippen LogP contribution in [0.5, 0.6) is 0 Å². The van der Waals surface area contributed by atoms with Gasteiger partial charge in [0.05, 0.1) is 0 Å². The Labute approximate surface area is 126 Å². The molecule has 1 aromatic heterocycles. The number of aryl methyl sites for hydroxylation is 2. The van der Waals surface area contributed by atoms with Crippen LogP contribution in [0.15, 0.2) is 24.3 Å². The quantitative estimate of drug-likeness (QED) is 0.897. The van der Waals surface area contributed by atoms with Crippen LogP contribution in [0.25, 0.3) is 0 Å². The van der Waals surface area contributed by atoms with Gasteiger partial charge in [-0.2, -0.15) is 0 Å². The van der Waals surface area contributed by atoms with Gasteiger partial charge < -0.3 is 10.6 Å². The van der Waals surface area contributed by atoms with Crippen molar-refractivity contribution in [3.63, 3.8) is 0 Å². The Morgan fingerprint density at radius 3 is 2.71 bits per heavy atom. The van der Waals surface area contributed by atoms with Gasteiger partial charge in [0, 0.05) is 25.2 Å². The molecule has 1 heterocycles. The number of hydrogen-bond donors (Lipinski definition) is 2. The SMILES string of the molecule is CCc1nc(NC)cc(Nc2cccc3c2CCCC3)n1. The summed E-state index contributed by atoms with van der Waals surface area (Å²) in [5, 5.41) is 6.59. The molecule has 21 heavy (non-hydrogen) atoms. The van der Waals surface area contributed by atoms with Crippen molar-refractivity contribution in [2.45, 2.75) is 39.0 Å². The van der Waals surface area contributed by atoms with Gasteiger partial charge in [-0.15, -0.1) is 0 Å². The molecule has 1 aliphatic rings. The van der Waals surface area contributed by atoms with Gasteiger partial charge in [-0.05, 0) is 42.9 Å². The van der Waals surface area contributed by atoms with E-state index in [-0.39, 0.29) is 0 Å². The normalized spacial score (nSPS) is 13.6. The molecule has 1 aliphatic carbocycles. The van der Waals surface area contributed by atoms with E-state index in [9.17, 15) is 0 Å². The summed E-state index contributed by atoms with van der Waals surface area (Å²) in [6.07, 6.45) is 5.75. The van der Waals surface area contributed by atoms with Crippen LogP contribution in [-0.4, -0.2) is 17.0 Å². The number of hydrogen-bond acceptors (Lipinski definition) is 4. The molecule has 110 valence electrons. The van der Waals surface area contributed by atoms with E-state index in [0.717, 1.165) is 30.3 Å². The first-order valence-electron chi connectivity index (χ1n) is 7.73. The number of fused-ring (bicyclic) bond motifs is 1. The summed E-state index contributed by atoms with van der Waals surface area (Å²) < 4.78 is 0. The second-order valence-corrected chi connectivity index (χ2v) is 5.43. The molecule has 0 amide bonds. The van der Waals surface area contributed by atoms with E-state index in [1.807, 2.05) is 13.1 Å². The van der Waals surface area contributed by atoms with Crippen LogP contribution in [-0.2, 0) is 19.3 Å². The van der Waals surface area contributed by atoms with Crippen molar-refractivity contribution in [3.05, 3.63) is 41.2 Å². The van der Waals surface area contributed by atoms with Crippen molar-refractivity contribution in [1.29, 1.82) is 0 Å². The van der Waals surface area contributed by atoms with E-state index >= 15 is 0 Å². The molecule has 0 atom stereocenters. The molecule has 2 N–H and O–H groups in total. The lowest BCUT2D eigenvalue weighted by Crippen LogP contribution is -2.08. The van der Waals surface area contributed by atoms with Crippen molar-refractivity contribution >= 4 is 17.3 Å². The molecule has 0 unspecified atom stereocenters.